The summed E-state index contributed by atoms with van der Waals surface area (Å²) >= 11 is 5.94. The van der Waals surface area contributed by atoms with Crippen LogP contribution in [-0.2, 0) is 17.4 Å². The fraction of sp³-hybridized carbons (Fsp3) is 0.444. The Bertz CT molecular complexity index is 519. The smallest absolute Gasteiger partial charge is 0.100 e. The van der Waals surface area contributed by atoms with Gasteiger partial charge < -0.3 is 0 Å². The number of halogens is 1. The molecule has 0 aliphatic carbocycles. The third-order valence-corrected chi connectivity index (χ3v) is 5.45. The van der Waals surface area contributed by atoms with Gasteiger partial charge in [-0.25, -0.2) is 8.51 Å². The van der Waals surface area contributed by atoms with Gasteiger partial charge in [0.2, 0.25) is 0 Å². The molecule has 0 radical (unpaired) electrons. The van der Waals surface area contributed by atoms with Gasteiger partial charge in [-0.15, -0.1) is 13.2 Å². The van der Waals surface area contributed by atoms with Crippen LogP contribution < -0.4 is 0 Å². The van der Waals surface area contributed by atoms with Crippen molar-refractivity contribution in [1.29, 1.82) is 0 Å². The maximum absolute atomic E-state index is 12.8. The molecule has 1 aromatic carbocycles. The molecule has 1 aromatic rings. The first-order valence-corrected chi connectivity index (χ1v) is 8.93. The lowest BCUT2D eigenvalue weighted by Gasteiger charge is -2.34. The van der Waals surface area contributed by atoms with E-state index in [1.165, 1.54) is 5.56 Å². The minimum absolute atomic E-state index is 0.122. The molecule has 0 bridgehead atoms. The van der Waals surface area contributed by atoms with Crippen LogP contribution in [0.3, 0.4) is 0 Å². The first-order valence-electron chi connectivity index (χ1n) is 7.44. The second kappa shape index (κ2) is 8.66. The van der Waals surface area contributed by atoms with E-state index in [1.54, 1.807) is 0 Å². The van der Waals surface area contributed by atoms with Crippen LogP contribution in [0.25, 0.3) is 0 Å². The molecule has 0 spiro atoms. The molecule has 0 aromatic heterocycles. The van der Waals surface area contributed by atoms with Gasteiger partial charge in [0.15, 0.2) is 0 Å². The molecule has 0 aliphatic rings. The average Bonchev–Trinajstić information content (AvgIpc) is 2.45. The van der Waals surface area contributed by atoms with Crippen LogP contribution in [0.1, 0.15) is 32.8 Å². The Morgan fingerprint density at radius 3 is 2.27 bits per heavy atom. The Kier molecular flexibility index (Phi) is 7.54. The Morgan fingerprint density at radius 2 is 1.82 bits per heavy atom. The third-order valence-electron chi connectivity index (χ3n) is 3.28. The van der Waals surface area contributed by atoms with Crippen LogP contribution in [0, 0.1) is 0 Å². The van der Waals surface area contributed by atoms with Gasteiger partial charge in [-0.1, -0.05) is 35.9 Å². The van der Waals surface area contributed by atoms with Gasteiger partial charge in [-0.05, 0) is 51.3 Å². The highest BCUT2D eigenvalue weighted by atomic mass is 35.5. The van der Waals surface area contributed by atoms with Crippen molar-refractivity contribution in [2.45, 2.75) is 44.4 Å². The molecule has 1 rings (SSSR count). The molecule has 0 amide bonds. The minimum atomic E-state index is -1.10. The summed E-state index contributed by atoms with van der Waals surface area (Å²) in [7, 11) is -1.10. The van der Waals surface area contributed by atoms with Crippen molar-refractivity contribution in [3.8, 4) is 0 Å². The zero-order valence-corrected chi connectivity index (χ0v) is 15.3. The van der Waals surface area contributed by atoms with E-state index in [1.807, 2.05) is 61.5 Å². The number of hydrogen-bond acceptors (Lipinski definition) is 1. The van der Waals surface area contributed by atoms with Crippen molar-refractivity contribution in [3.63, 3.8) is 0 Å². The molecule has 0 aliphatic heterocycles. The SMILES string of the molecule is C=CC[C@H](Cc1ccc(Cl)cc1)N(CC=C)[S@@](=O)C(C)(C)C. The summed E-state index contributed by atoms with van der Waals surface area (Å²) < 4.78 is 14.6. The Balaban J connectivity index is 3.02. The normalized spacial score (nSPS) is 14.6. The van der Waals surface area contributed by atoms with Gasteiger partial charge in [-0.3, -0.25) is 0 Å². The highest BCUT2D eigenvalue weighted by Crippen LogP contribution is 2.22. The van der Waals surface area contributed by atoms with Crippen molar-refractivity contribution < 1.29 is 4.21 Å². The molecule has 2 atom stereocenters. The van der Waals surface area contributed by atoms with Crippen LogP contribution in [0.2, 0.25) is 5.02 Å². The van der Waals surface area contributed by atoms with Gasteiger partial charge in [-0.2, -0.15) is 0 Å². The van der Waals surface area contributed by atoms with E-state index in [4.69, 9.17) is 11.6 Å². The molecule has 122 valence electrons. The van der Waals surface area contributed by atoms with E-state index >= 15 is 0 Å². The zero-order chi connectivity index (χ0) is 16.8. The number of rotatable bonds is 8. The first kappa shape index (κ1) is 19.1. The standard InChI is InChI=1S/C18H26ClNOS/c1-6-8-17(14-15-9-11-16(19)12-10-15)20(13-7-2)22(21)18(3,4)5/h6-7,9-12,17H,1-2,8,13-14H2,3-5H3/t17-,22+/m1/s1. The van der Waals surface area contributed by atoms with Crippen molar-refractivity contribution in [2.75, 3.05) is 6.54 Å². The van der Waals surface area contributed by atoms with Crippen LogP contribution in [0.5, 0.6) is 0 Å². The van der Waals surface area contributed by atoms with E-state index in [9.17, 15) is 4.21 Å². The molecular formula is C18H26ClNOS. The van der Waals surface area contributed by atoms with E-state index in [-0.39, 0.29) is 10.8 Å². The van der Waals surface area contributed by atoms with Crippen molar-refractivity contribution >= 4 is 22.6 Å². The zero-order valence-electron chi connectivity index (χ0n) is 13.7. The number of nitrogens with zero attached hydrogens (tertiary/aromatic N) is 1. The van der Waals surface area contributed by atoms with Gasteiger partial charge in [0.1, 0.15) is 11.0 Å². The van der Waals surface area contributed by atoms with Crippen molar-refractivity contribution in [2.24, 2.45) is 0 Å². The second-order valence-corrected chi connectivity index (χ2v) is 8.89. The van der Waals surface area contributed by atoms with E-state index in [2.05, 4.69) is 13.2 Å². The van der Waals surface area contributed by atoms with Crippen LogP contribution in [-0.4, -0.2) is 25.8 Å². The second-order valence-electron chi connectivity index (χ2n) is 6.26. The highest BCUT2D eigenvalue weighted by Gasteiger charge is 2.30. The Labute approximate surface area is 142 Å². The molecule has 0 fully saturated rings. The number of hydrogen-bond donors (Lipinski definition) is 0. The highest BCUT2D eigenvalue weighted by molar-refractivity contribution is 7.84. The topological polar surface area (TPSA) is 20.3 Å². The lowest BCUT2D eigenvalue weighted by molar-refractivity contribution is 0.354. The third kappa shape index (κ3) is 5.71. The summed E-state index contributed by atoms with van der Waals surface area (Å²) in [4.78, 5) is 0. The molecule has 0 heterocycles. The summed E-state index contributed by atoms with van der Waals surface area (Å²) in [6.07, 6.45) is 5.27. The largest absolute Gasteiger partial charge is 0.242 e. The lowest BCUT2D eigenvalue weighted by atomic mass is 10.0. The molecular weight excluding hydrogens is 314 g/mol. The molecule has 0 saturated carbocycles. The molecule has 0 unspecified atom stereocenters. The van der Waals surface area contributed by atoms with Gasteiger partial charge >= 0.3 is 0 Å². The summed E-state index contributed by atoms with van der Waals surface area (Å²) in [5.41, 5.74) is 1.18. The van der Waals surface area contributed by atoms with Gasteiger partial charge in [0.25, 0.3) is 0 Å². The van der Waals surface area contributed by atoms with Gasteiger partial charge in [0.05, 0.1) is 4.75 Å². The van der Waals surface area contributed by atoms with Crippen molar-refractivity contribution in [1.82, 2.24) is 4.31 Å². The van der Waals surface area contributed by atoms with Crippen LogP contribution in [0.4, 0.5) is 0 Å². The van der Waals surface area contributed by atoms with E-state index in [0.29, 0.717) is 6.54 Å². The maximum atomic E-state index is 12.8. The summed E-state index contributed by atoms with van der Waals surface area (Å²) in [6.45, 7) is 14.2. The van der Waals surface area contributed by atoms with Crippen LogP contribution >= 0.6 is 11.6 Å². The first-order chi connectivity index (χ1) is 10.3. The van der Waals surface area contributed by atoms with Crippen molar-refractivity contribution in [3.05, 3.63) is 60.2 Å². The predicted octanol–water partition coefficient (Wildman–Crippen LogP) is 4.78. The average molecular weight is 340 g/mol. The lowest BCUT2D eigenvalue weighted by Crippen LogP contribution is -2.44. The monoisotopic (exact) mass is 339 g/mol. The Hall–Kier alpha value is -0.900. The molecule has 0 N–H and O–H groups in total. The summed E-state index contributed by atoms with van der Waals surface area (Å²) in [5, 5.41) is 0.727. The maximum Gasteiger partial charge on any atom is 0.100 e. The minimum Gasteiger partial charge on any atom is -0.242 e. The Morgan fingerprint density at radius 1 is 1.23 bits per heavy atom. The number of benzene rings is 1. The fourth-order valence-electron chi connectivity index (χ4n) is 2.22. The molecule has 4 heteroatoms. The molecule has 2 nitrogen and oxygen atoms in total. The van der Waals surface area contributed by atoms with Crippen LogP contribution in [0.15, 0.2) is 49.6 Å². The molecule has 0 saturated heterocycles. The van der Waals surface area contributed by atoms with Gasteiger partial charge in [0, 0.05) is 17.6 Å². The predicted molar refractivity (Wildman–Crippen MR) is 98.6 cm³/mol. The summed E-state index contributed by atoms with van der Waals surface area (Å²) in [5.74, 6) is 0. The quantitative estimate of drug-likeness (QED) is 0.624. The summed E-state index contributed by atoms with van der Waals surface area (Å²) in [6, 6.07) is 7.94. The molecule has 22 heavy (non-hydrogen) atoms. The van der Waals surface area contributed by atoms with E-state index in [0.717, 1.165) is 17.9 Å². The van der Waals surface area contributed by atoms with E-state index < -0.39 is 11.0 Å². The fourth-order valence-corrected chi connectivity index (χ4v) is 3.72.